The summed E-state index contributed by atoms with van der Waals surface area (Å²) < 4.78 is 7.09. The van der Waals surface area contributed by atoms with E-state index in [1.54, 1.807) is 7.11 Å². The van der Waals surface area contributed by atoms with Gasteiger partial charge in [0.15, 0.2) is 5.82 Å². The zero-order chi connectivity index (χ0) is 13.7. The average molecular weight is 267 g/mol. The first-order valence-corrected chi connectivity index (χ1v) is 7.24. The lowest BCUT2D eigenvalue weighted by molar-refractivity contribution is 0.193. The second kappa shape index (κ2) is 6.96. The van der Waals surface area contributed by atoms with Crippen molar-refractivity contribution in [2.45, 2.75) is 51.6 Å². The van der Waals surface area contributed by atoms with Crippen molar-refractivity contribution in [3.63, 3.8) is 0 Å². The molecule has 0 saturated heterocycles. The van der Waals surface area contributed by atoms with Crippen LogP contribution < -0.4 is 5.32 Å². The Morgan fingerprint density at radius 2 is 2.21 bits per heavy atom. The SMILES string of the molecule is COCCNC(C)c1nnnn1C1CCCCC1C. The second-order valence-electron chi connectivity index (χ2n) is 5.48. The maximum absolute atomic E-state index is 5.05. The summed E-state index contributed by atoms with van der Waals surface area (Å²) in [7, 11) is 1.71. The number of methoxy groups -OCH3 is 1. The van der Waals surface area contributed by atoms with Crippen molar-refractivity contribution in [2.75, 3.05) is 20.3 Å². The Kier molecular flexibility index (Phi) is 5.27. The standard InChI is InChI=1S/C13H25N5O/c1-10-6-4-5-7-12(10)18-13(15-16-17-18)11(2)14-8-9-19-3/h10-12,14H,4-9H2,1-3H3. The van der Waals surface area contributed by atoms with Gasteiger partial charge in [0, 0.05) is 13.7 Å². The first-order valence-electron chi connectivity index (χ1n) is 7.24. The van der Waals surface area contributed by atoms with Crippen LogP contribution in [0.2, 0.25) is 0 Å². The molecule has 1 N–H and O–H groups in total. The highest BCUT2D eigenvalue weighted by atomic mass is 16.5. The smallest absolute Gasteiger partial charge is 0.168 e. The molecule has 1 heterocycles. The van der Waals surface area contributed by atoms with E-state index in [1.165, 1.54) is 25.7 Å². The van der Waals surface area contributed by atoms with Gasteiger partial charge < -0.3 is 10.1 Å². The third-order valence-corrected chi connectivity index (χ3v) is 4.04. The molecule has 1 aromatic rings. The van der Waals surface area contributed by atoms with Crippen molar-refractivity contribution < 1.29 is 4.74 Å². The summed E-state index contributed by atoms with van der Waals surface area (Å²) in [5.74, 6) is 1.59. The van der Waals surface area contributed by atoms with Crippen LogP contribution >= 0.6 is 0 Å². The Morgan fingerprint density at radius 1 is 1.42 bits per heavy atom. The molecule has 19 heavy (non-hydrogen) atoms. The van der Waals surface area contributed by atoms with Crippen LogP contribution in [-0.4, -0.2) is 40.5 Å². The molecule has 1 aliphatic carbocycles. The molecule has 1 fully saturated rings. The second-order valence-corrected chi connectivity index (χ2v) is 5.48. The highest BCUT2D eigenvalue weighted by molar-refractivity contribution is 4.93. The Hall–Kier alpha value is -1.01. The molecule has 3 atom stereocenters. The Bertz CT molecular complexity index is 381. The summed E-state index contributed by atoms with van der Waals surface area (Å²) in [6.45, 7) is 5.92. The highest BCUT2D eigenvalue weighted by Crippen LogP contribution is 2.33. The first kappa shape index (κ1) is 14.4. The Morgan fingerprint density at radius 3 is 2.95 bits per heavy atom. The van der Waals surface area contributed by atoms with Crippen molar-refractivity contribution in [3.8, 4) is 0 Å². The molecule has 3 unspecified atom stereocenters. The maximum Gasteiger partial charge on any atom is 0.168 e. The lowest BCUT2D eigenvalue weighted by Gasteiger charge is -2.29. The molecule has 0 bridgehead atoms. The maximum atomic E-state index is 5.05. The summed E-state index contributed by atoms with van der Waals surface area (Å²) in [6, 6.07) is 0.602. The van der Waals surface area contributed by atoms with Gasteiger partial charge >= 0.3 is 0 Å². The normalized spacial score (nSPS) is 25.4. The largest absolute Gasteiger partial charge is 0.383 e. The Labute approximate surface area is 114 Å². The minimum absolute atomic E-state index is 0.152. The van der Waals surface area contributed by atoms with Gasteiger partial charge in [-0.2, -0.15) is 0 Å². The van der Waals surface area contributed by atoms with Gasteiger partial charge in [-0.15, -0.1) is 5.10 Å². The molecular formula is C13H25N5O. The molecule has 1 aromatic heterocycles. The number of hydrogen-bond acceptors (Lipinski definition) is 5. The van der Waals surface area contributed by atoms with Gasteiger partial charge in [0.1, 0.15) is 0 Å². The minimum Gasteiger partial charge on any atom is -0.383 e. The summed E-state index contributed by atoms with van der Waals surface area (Å²) in [5, 5.41) is 15.7. The molecule has 0 aromatic carbocycles. The van der Waals surface area contributed by atoms with E-state index < -0.39 is 0 Å². The van der Waals surface area contributed by atoms with Crippen LogP contribution in [0.1, 0.15) is 57.4 Å². The zero-order valence-corrected chi connectivity index (χ0v) is 12.2. The van der Waals surface area contributed by atoms with E-state index in [0.717, 1.165) is 12.4 Å². The van der Waals surface area contributed by atoms with Gasteiger partial charge in [0.2, 0.25) is 0 Å². The minimum atomic E-state index is 0.152. The van der Waals surface area contributed by atoms with Crippen molar-refractivity contribution in [3.05, 3.63) is 5.82 Å². The number of nitrogens with zero attached hydrogens (tertiary/aromatic N) is 4. The Balaban J connectivity index is 2.03. The highest BCUT2D eigenvalue weighted by Gasteiger charge is 2.27. The van der Waals surface area contributed by atoms with Crippen molar-refractivity contribution in [1.82, 2.24) is 25.5 Å². The molecular weight excluding hydrogens is 242 g/mol. The summed E-state index contributed by atoms with van der Waals surface area (Å²) in [4.78, 5) is 0. The lowest BCUT2D eigenvalue weighted by atomic mass is 9.86. The third-order valence-electron chi connectivity index (χ3n) is 4.04. The molecule has 1 aliphatic rings. The molecule has 6 heteroatoms. The molecule has 0 aliphatic heterocycles. The van der Waals surface area contributed by atoms with E-state index in [-0.39, 0.29) is 6.04 Å². The number of rotatable bonds is 6. The first-order chi connectivity index (χ1) is 9.24. The fourth-order valence-electron chi connectivity index (χ4n) is 2.85. The fourth-order valence-corrected chi connectivity index (χ4v) is 2.85. The van der Waals surface area contributed by atoms with Gasteiger partial charge in [0.25, 0.3) is 0 Å². The third kappa shape index (κ3) is 3.51. The molecule has 0 radical (unpaired) electrons. The van der Waals surface area contributed by atoms with Crippen LogP contribution in [0.5, 0.6) is 0 Å². The number of nitrogens with one attached hydrogen (secondary N) is 1. The van der Waals surface area contributed by atoms with Crippen LogP contribution in [0.15, 0.2) is 0 Å². The molecule has 108 valence electrons. The number of ether oxygens (including phenoxy) is 1. The van der Waals surface area contributed by atoms with Gasteiger partial charge in [0.05, 0.1) is 18.7 Å². The van der Waals surface area contributed by atoms with Crippen molar-refractivity contribution >= 4 is 0 Å². The van der Waals surface area contributed by atoms with Crippen LogP contribution in [0, 0.1) is 5.92 Å². The van der Waals surface area contributed by atoms with E-state index in [0.29, 0.717) is 18.6 Å². The summed E-state index contributed by atoms with van der Waals surface area (Å²) in [5.41, 5.74) is 0. The number of aromatic nitrogens is 4. The van der Waals surface area contributed by atoms with Crippen LogP contribution in [0.4, 0.5) is 0 Å². The van der Waals surface area contributed by atoms with Gasteiger partial charge in [-0.25, -0.2) is 4.68 Å². The molecule has 6 nitrogen and oxygen atoms in total. The van der Waals surface area contributed by atoms with E-state index in [2.05, 4.69) is 34.7 Å². The summed E-state index contributed by atoms with van der Waals surface area (Å²) in [6.07, 6.45) is 5.07. The molecule has 2 rings (SSSR count). The van der Waals surface area contributed by atoms with Gasteiger partial charge in [-0.05, 0) is 36.1 Å². The van der Waals surface area contributed by atoms with E-state index in [9.17, 15) is 0 Å². The lowest BCUT2D eigenvalue weighted by Crippen LogP contribution is -2.29. The number of hydrogen-bond donors (Lipinski definition) is 1. The number of tetrazole rings is 1. The predicted molar refractivity (Wildman–Crippen MR) is 72.8 cm³/mol. The van der Waals surface area contributed by atoms with Crippen LogP contribution in [-0.2, 0) is 4.74 Å². The topological polar surface area (TPSA) is 64.9 Å². The molecule has 0 spiro atoms. The van der Waals surface area contributed by atoms with E-state index in [4.69, 9.17) is 4.74 Å². The van der Waals surface area contributed by atoms with Crippen molar-refractivity contribution in [2.24, 2.45) is 5.92 Å². The molecule has 1 saturated carbocycles. The summed E-state index contributed by atoms with van der Waals surface area (Å²) >= 11 is 0. The molecule has 0 amide bonds. The monoisotopic (exact) mass is 267 g/mol. The van der Waals surface area contributed by atoms with Crippen molar-refractivity contribution in [1.29, 1.82) is 0 Å². The van der Waals surface area contributed by atoms with Crippen LogP contribution in [0.25, 0.3) is 0 Å². The average Bonchev–Trinajstić information content (AvgIpc) is 2.88. The van der Waals surface area contributed by atoms with Gasteiger partial charge in [-0.1, -0.05) is 19.8 Å². The fraction of sp³-hybridized carbons (Fsp3) is 0.923. The van der Waals surface area contributed by atoms with Gasteiger partial charge in [-0.3, -0.25) is 0 Å². The predicted octanol–water partition coefficient (Wildman–Crippen LogP) is 1.72. The van der Waals surface area contributed by atoms with E-state index >= 15 is 0 Å². The quantitative estimate of drug-likeness (QED) is 0.795. The zero-order valence-electron chi connectivity index (χ0n) is 12.2. The van der Waals surface area contributed by atoms with E-state index in [1.807, 2.05) is 4.68 Å². The van der Waals surface area contributed by atoms with Crippen LogP contribution in [0.3, 0.4) is 0 Å².